The Kier molecular flexibility index (Phi) is 3.53. The lowest BCUT2D eigenvalue weighted by Gasteiger charge is -2.41. The van der Waals surface area contributed by atoms with Gasteiger partial charge in [-0.15, -0.1) is 0 Å². The van der Waals surface area contributed by atoms with Crippen molar-refractivity contribution in [3.05, 3.63) is 0 Å². The van der Waals surface area contributed by atoms with Gasteiger partial charge < -0.3 is 5.11 Å². The maximum Gasteiger partial charge on any atom is 0.323 e. The fraction of sp³-hybridized carbons (Fsp3) is 0.909. The van der Waals surface area contributed by atoms with E-state index < -0.39 is 11.5 Å². The molecule has 0 aromatic heterocycles. The van der Waals surface area contributed by atoms with Gasteiger partial charge in [-0.25, -0.2) is 0 Å². The number of hydrogen-bond donors (Lipinski definition) is 1. The summed E-state index contributed by atoms with van der Waals surface area (Å²) in [6.07, 6.45) is 2.93. The van der Waals surface area contributed by atoms with Crippen LogP contribution < -0.4 is 0 Å². The molecule has 0 bridgehead atoms. The summed E-state index contributed by atoms with van der Waals surface area (Å²) in [5, 5.41) is 9.21. The number of rotatable bonds is 3. The number of piperidine rings is 1. The van der Waals surface area contributed by atoms with E-state index in [1.807, 2.05) is 13.8 Å². The average molecular weight is 199 g/mol. The molecule has 0 aromatic rings. The summed E-state index contributed by atoms with van der Waals surface area (Å²) in [6.45, 7) is 7.88. The third-order valence-electron chi connectivity index (χ3n) is 3.63. The minimum Gasteiger partial charge on any atom is -0.480 e. The standard InChI is InChI=1S/C11H21NO2/c1-4-11(3,10(13)14)12-7-5-9(2)6-8-12/h9H,4-8H2,1-3H3,(H,13,14). The molecule has 0 aromatic carbocycles. The number of aliphatic carboxylic acids is 1. The Morgan fingerprint density at radius 3 is 2.36 bits per heavy atom. The van der Waals surface area contributed by atoms with Crippen molar-refractivity contribution in [3.8, 4) is 0 Å². The van der Waals surface area contributed by atoms with Gasteiger partial charge in [0.1, 0.15) is 5.54 Å². The van der Waals surface area contributed by atoms with Gasteiger partial charge in [0.25, 0.3) is 0 Å². The van der Waals surface area contributed by atoms with Crippen LogP contribution in [0.5, 0.6) is 0 Å². The normalized spacial score (nSPS) is 24.5. The second kappa shape index (κ2) is 4.30. The monoisotopic (exact) mass is 199 g/mol. The zero-order valence-corrected chi connectivity index (χ0v) is 9.42. The van der Waals surface area contributed by atoms with Crippen LogP contribution in [0.25, 0.3) is 0 Å². The number of carbonyl (C=O) groups is 1. The van der Waals surface area contributed by atoms with Gasteiger partial charge in [0.05, 0.1) is 0 Å². The molecule has 14 heavy (non-hydrogen) atoms. The Labute approximate surface area is 86.1 Å². The van der Waals surface area contributed by atoms with Crippen LogP contribution in [0.2, 0.25) is 0 Å². The third-order valence-corrected chi connectivity index (χ3v) is 3.63. The maximum absolute atomic E-state index is 11.2. The fourth-order valence-electron chi connectivity index (χ4n) is 2.01. The average Bonchev–Trinajstić information content (AvgIpc) is 2.17. The molecule has 0 aliphatic carbocycles. The molecule has 1 N–H and O–H groups in total. The second-order valence-electron chi connectivity index (χ2n) is 4.60. The number of carboxylic acids is 1. The van der Waals surface area contributed by atoms with E-state index in [2.05, 4.69) is 11.8 Å². The van der Waals surface area contributed by atoms with Gasteiger partial charge in [-0.2, -0.15) is 0 Å². The van der Waals surface area contributed by atoms with Gasteiger partial charge >= 0.3 is 5.97 Å². The maximum atomic E-state index is 11.2. The highest BCUT2D eigenvalue weighted by Gasteiger charge is 2.38. The number of nitrogens with zero attached hydrogens (tertiary/aromatic N) is 1. The first kappa shape index (κ1) is 11.5. The van der Waals surface area contributed by atoms with Crippen molar-refractivity contribution in [2.75, 3.05) is 13.1 Å². The Morgan fingerprint density at radius 2 is 2.00 bits per heavy atom. The van der Waals surface area contributed by atoms with Crippen LogP contribution in [0.1, 0.15) is 40.0 Å². The van der Waals surface area contributed by atoms with Gasteiger partial charge in [-0.05, 0) is 45.2 Å². The molecular formula is C11H21NO2. The summed E-state index contributed by atoms with van der Waals surface area (Å²) < 4.78 is 0. The zero-order chi connectivity index (χ0) is 10.8. The smallest absolute Gasteiger partial charge is 0.323 e. The van der Waals surface area contributed by atoms with Crippen LogP contribution in [0.3, 0.4) is 0 Å². The topological polar surface area (TPSA) is 40.5 Å². The molecule has 1 atom stereocenters. The van der Waals surface area contributed by atoms with Gasteiger partial charge in [0, 0.05) is 0 Å². The first-order valence-corrected chi connectivity index (χ1v) is 5.49. The lowest BCUT2D eigenvalue weighted by atomic mass is 9.90. The van der Waals surface area contributed by atoms with E-state index in [9.17, 15) is 9.90 Å². The van der Waals surface area contributed by atoms with Crippen molar-refractivity contribution in [1.82, 2.24) is 4.90 Å². The molecule has 0 saturated carbocycles. The number of hydrogen-bond acceptors (Lipinski definition) is 2. The minimum absolute atomic E-state index is 0.653. The molecule has 0 spiro atoms. The van der Waals surface area contributed by atoms with Crippen molar-refractivity contribution < 1.29 is 9.90 Å². The highest BCUT2D eigenvalue weighted by molar-refractivity contribution is 5.78. The van der Waals surface area contributed by atoms with Gasteiger partial charge in [-0.3, -0.25) is 9.69 Å². The summed E-state index contributed by atoms with van der Waals surface area (Å²) in [4.78, 5) is 13.3. The summed E-state index contributed by atoms with van der Waals surface area (Å²) >= 11 is 0. The lowest BCUT2D eigenvalue weighted by molar-refractivity contribution is -0.151. The highest BCUT2D eigenvalue weighted by atomic mass is 16.4. The highest BCUT2D eigenvalue weighted by Crippen LogP contribution is 2.26. The molecule has 0 radical (unpaired) electrons. The van der Waals surface area contributed by atoms with Crippen molar-refractivity contribution in [1.29, 1.82) is 0 Å². The van der Waals surface area contributed by atoms with E-state index in [0.29, 0.717) is 6.42 Å². The first-order chi connectivity index (χ1) is 6.50. The summed E-state index contributed by atoms with van der Waals surface area (Å²) in [5.74, 6) is 0.0655. The van der Waals surface area contributed by atoms with E-state index in [4.69, 9.17) is 0 Å². The molecule has 82 valence electrons. The quantitative estimate of drug-likeness (QED) is 0.755. The van der Waals surface area contributed by atoms with Crippen LogP contribution >= 0.6 is 0 Å². The Bertz CT molecular complexity index is 209. The van der Waals surface area contributed by atoms with Crippen LogP contribution in [-0.2, 0) is 4.79 Å². The summed E-state index contributed by atoms with van der Waals surface area (Å²) in [6, 6.07) is 0. The van der Waals surface area contributed by atoms with Crippen LogP contribution in [0.15, 0.2) is 0 Å². The van der Waals surface area contributed by atoms with Crippen LogP contribution in [0, 0.1) is 5.92 Å². The second-order valence-corrected chi connectivity index (χ2v) is 4.60. The Hall–Kier alpha value is -0.570. The molecule has 1 unspecified atom stereocenters. The van der Waals surface area contributed by atoms with Crippen molar-refractivity contribution in [2.24, 2.45) is 5.92 Å². The largest absolute Gasteiger partial charge is 0.480 e. The van der Waals surface area contributed by atoms with Crippen molar-refractivity contribution >= 4 is 5.97 Å². The molecule has 1 aliphatic heterocycles. The fourth-order valence-corrected chi connectivity index (χ4v) is 2.01. The zero-order valence-electron chi connectivity index (χ0n) is 9.42. The molecular weight excluding hydrogens is 178 g/mol. The molecule has 1 fully saturated rings. The Morgan fingerprint density at radius 1 is 1.50 bits per heavy atom. The summed E-state index contributed by atoms with van der Waals surface area (Å²) in [5.41, 5.74) is -0.653. The number of likely N-dealkylation sites (tertiary alicyclic amines) is 1. The van der Waals surface area contributed by atoms with Gasteiger partial charge in [0.2, 0.25) is 0 Å². The SMILES string of the molecule is CCC(C)(C(=O)O)N1CCC(C)CC1. The van der Waals surface area contributed by atoms with Crippen molar-refractivity contribution in [3.63, 3.8) is 0 Å². The van der Waals surface area contributed by atoms with Gasteiger partial charge in [0.15, 0.2) is 0 Å². The van der Waals surface area contributed by atoms with E-state index in [-0.39, 0.29) is 0 Å². The molecule has 1 saturated heterocycles. The molecule has 0 amide bonds. The summed E-state index contributed by atoms with van der Waals surface area (Å²) in [7, 11) is 0. The van der Waals surface area contributed by atoms with Crippen LogP contribution in [0.4, 0.5) is 0 Å². The van der Waals surface area contributed by atoms with Crippen LogP contribution in [-0.4, -0.2) is 34.6 Å². The lowest BCUT2D eigenvalue weighted by Crippen LogP contribution is -2.54. The van der Waals surface area contributed by atoms with E-state index in [1.54, 1.807) is 0 Å². The van der Waals surface area contributed by atoms with Gasteiger partial charge in [-0.1, -0.05) is 13.8 Å². The number of carboxylic acid groups (broad SMARTS) is 1. The van der Waals surface area contributed by atoms with E-state index in [1.165, 1.54) is 0 Å². The predicted molar refractivity (Wildman–Crippen MR) is 56.3 cm³/mol. The van der Waals surface area contributed by atoms with E-state index in [0.717, 1.165) is 31.8 Å². The molecule has 1 rings (SSSR count). The molecule has 1 heterocycles. The molecule has 3 heteroatoms. The molecule has 1 aliphatic rings. The first-order valence-electron chi connectivity index (χ1n) is 5.49. The predicted octanol–water partition coefficient (Wildman–Crippen LogP) is 1.97. The minimum atomic E-state index is -0.686. The molecule has 3 nitrogen and oxygen atoms in total. The Balaban J connectivity index is 2.66. The third kappa shape index (κ3) is 2.08. The van der Waals surface area contributed by atoms with Crippen molar-refractivity contribution in [2.45, 2.75) is 45.6 Å². The van der Waals surface area contributed by atoms with E-state index >= 15 is 0 Å².